The van der Waals surface area contributed by atoms with Gasteiger partial charge >= 0.3 is 13.7 Å². The van der Waals surface area contributed by atoms with Crippen LogP contribution in [0, 0.1) is 16.7 Å². The normalized spacial score (nSPS) is 23.6. The van der Waals surface area contributed by atoms with Crippen LogP contribution in [0.25, 0.3) is 5.52 Å². The quantitative estimate of drug-likeness (QED) is 0.150. The topological polar surface area (TPSA) is 204 Å². The zero-order chi connectivity index (χ0) is 34.8. The molecule has 0 amide bonds. The molecule has 1 aliphatic heterocycles. The fraction of sp³-hybridized carbons (Fsp3) is 0.562. The van der Waals surface area contributed by atoms with Crippen LogP contribution in [-0.4, -0.2) is 68.3 Å². The van der Waals surface area contributed by atoms with Crippen LogP contribution in [0.15, 0.2) is 42.7 Å². The lowest BCUT2D eigenvalue weighted by Gasteiger charge is -2.26. The minimum Gasteiger partial charge on any atom is -0.465 e. The molecule has 0 bridgehead atoms. The summed E-state index contributed by atoms with van der Waals surface area (Å²) in [5, 5.41) is 39.1. The van der Waals surface area contributed by atoms with Crippen LogP contribution in [0.2, 0.25) is 0 Å². The van der Waals surface area contributed by atoms with E-state index in [2.05, 4.69) is 56.7 Å². The van der Waals surface area contributed by atoms with Crippen LogP contribution in [0.1, 0.15) is 72.6 Å². The number of nitrogens with one attached hydrogen (secondary N) is 1. The van der Waals surface area contributed by atoms with Gasteiger partial charge < -0.3 is 29.9 Å². The van der Waals surface area contributed by atoms with Gasteiger partial charge in [0.15, 0.2) is 5.82 Å². The summed E-state index contributed by atoms with van der Waals surface area (Å²) in [6.45, 7) is 13.4. The molecule has 1 aromatic carbocycles. The second kappa shape index (κ2) is 13.9. The van der Waals surface area contributed by atoms with Crippen molar-refractivity contribution in [2.45, 2.75) is 96.7 Å². The van der Waals surface area contributed by atoms with Crippen molar-refractivity contribution in [3.8, 4) is 11.8 Å². The SMILES string of the molecule is CCC(C)(C)CCOC(=O)[C@H](C)NP(=O)(OC[C@H]1O[C@@](C#N)(c2ccc3c(N)ncnn23)[C@H](O)[C@@H]1O)Oc1ccc(C(C)(C)C)cc1. The van der Waals surface area contributed by atoms with Crippen molar-refractivity contribution in [2.24, 2.45) is 5.41 Å². The van der Waals surface area contributed by atoms with Gasteiger partial charge in [-0.05, 0) is 54.0 Å². The third-order valence-electron chi connectivity index (χ3n) is 8.53. The van der Waals surface area contributed by atoms with E-state index in [1.807, 2.05) is 18.2 Å². The van der Waals surface area contributed by atoms with E-state index >= 15 is 0 Å². The van der Waals surface area contributed by atoms with Crippen molar-refractivity contribution in [1.82, 2.24) is 19.7 Å². The van der Waals surface area contributed by atoms with E-state index in [4.69, 9.17) is 24.3 Å². The van der Waals surface area contributed by atoms with Crippen molar-refractivity contribution in [3.05, 3.63) is 54.0 Å². The fourth-order valence-corrected chi connectivity index (χ4v) is 6.49. The number of carbonyl (C=O) groups excluding carboxylic acids is 1. The van der Waals surface area contributed by atoms with E-state index in [0.717, 1.165) is 12.0 Å². The predicted octanol–water partition coefficient (Wildman–Crippen LogP) is 4.00. The number of nitrogen functional groups attached to an aromatic ring is 1. The second-order valence-electron chi connectivity index (χ2n) is 13.5. The first kappa shape index (κ1) is 36.3. The number of carbonyl (C=O) groups is 1. The lowest BCUT2D eigenvalue weighted by atomic mass is 9.87. The molecule has 0 radical (unpaired) electrons. The van der Waals surface area contributed by atoms with Gasteiger partial charge in [0.2, 0.25) is 5.60 Å². The summed E-state index contributed by atoms with van der Waals surface area (Å²) < 4.78 is 38.5. The molecule has 0 spiro atoms. The van der Waals surface area contributed by atoms with Gasteiger partial charge in [0, 0.05) is 0 Å². The number of nitrogens with zero attached hydrogens (tertiary/aromatic N) is 4. The number of aliphatic hydroxyl groups is 2. The number of esters is 1. The highest BCUT2D eigenvalue weighted by Crippen LogP contribution is 2.47. The van der Waals surface area contributed by atoms with E-state index in [1.54, 1.807) is 18.2 Å². The van der Waals surface area contributed by atoms with E-state index in [-0.39, 0.29) is 34.7 Å². The number of rotatable bonds is 13. The highest BCUT2D eigenvalue weighted by atomic mass is 31.2. The van der Waals surface area contributed by atoms with Crippen molar-refractivity contribution >= 4 is 25.1 Å². The van der Waals surface area contributed by atoms with Gasteiger partial charge in [0.05, 0.1) is 18.9 Å². The largest absolute Gasteiger partial charge is 0.465 e. The molecule has 47 heavy (non-hydrogen) atoms. The molecule has 4 rings (SSSR count). The highest BCUT2D eigenvalue weighted by molar-refractivity contribution is 7.52. The average Bonchev–Trinajstić information content (AvgIpc) is 3.56. The molecule has 1 unspecified atom stereocenters. The molecule has 0 saturated carbocycles. The first-order valence-corrected chi connectivity index (χ1v) is 17.0. The van der Waals surface area contributed by atoms with Gasteiger partial charge in [0.25, 0.3) is 0 Å². The minimum absolute atomic E-state index is 0.0181. The first-order chi connectivity index (χ1) is 21.9. The second-order valence-corrected chi connectivity index (χ2v) is 15.2. The van der Waals surface area contributed by atoms with Crippen LogP contribution >= 0.6 is 7.75 Å². The molecule has 14 nitrogen and oxygen atoms in total. The molecule has 1 fully saturated rings. The number of anilines is 1. The maximum absolute atomic E-state index is 14.2. The zero-order valence-corrected chi connectivity index (χ0v) is 28.7. The van der Waals surface area contributed by atoms with Crippen molar-refractivity contribution in [2.75, 3.05) is 18.9 Å². The number of aromatic nitrogens is 3. The maximum Gasteiger partial charge on any atom is 0.459 e. The molecular weight excluding hydrogens is 627 g/mol. The molecule has 1 saturated heterocycles. The summed E-state index contributed by atoms with van der Waals surface area (Å²) in [5.41, 5.74) is 5.14. The average molecular weight is 673 g/mol. The summed E-state index contributed by atoms with van der Waals surface area (Å²) in [7, 11) is -4.38. The third-order valence-corrected chi connectivity index (χ3v) is 10.2. The Labute approximate surface area is 274 Å². The van der Waals surface area contributed by atoms with Gasteiger partial charge in [0.1, 0.15) is 48.0 Å². The fourth-order valence-electron chi connectivity index (χ4n) is 4.99. The molecule has 15 heteroatoms. The van der Waals surface area contributed by atoms with Gasteiger partial charge in [-0.15, -0.1) is 0 Å². The Balaban J connectivity index is 1.55. The summed E-state index contributed by atoms with van der Waals surface area (Å²) in [6, 6.07) is 10.8. The van der Waals surface area contributed by atoms with E-state index < -0.39 is 50.3 Å². The molecule has 3 heterocycles. The molecule has 1 aliphatic rings. The Hall–Kier alpha value is -3.57. The molecule has 3 aromatic rings. The van der Waals surface area contributed by atoms with Crippen molar-refractivity contribution < 1.29 is 38.1 Å². The van der Waals surface area contributed by atoms with Gasteiger partial charge in [-0.2, -0.15) is 15.4 Å². The number of benzene rings is 1. The lowest BCUT2D eigenvalue weighted by molar-refractivity contribution is -0.146. The van der Waals surface area contributed by atoms with Crippen molar-refractivity contribution in [3.63, 3.8) is 0 Å². The third kappa shape index (κ3) is 7.95. The van der Waals surface area contributed by atoms with Crippen LogP contribution < -0.4 is 15.3 Å². The monoisotopic (exact) mass is 672 g/mol. The Bertz CT molecular complexity index is 1650. The number of aliphatic hydroxyl groups excluding tert-OH is 2. The number of ether oxygens (including phenoxy) is 2. The zero-order valence-electron chi connectivity index (χ0n) is 27.8. The van der Waals surface area contributed by atoms with Crippen molar-refractivity contribution in [1.29, 1.82) is 5.26 Å². The standard InChI is InChI=1S/C32H45N6O8P/c1-8-31(6,7)15-16-43-29(41)20(2)37-47(42,46-22-11-9-21(10-12-22)30(3,4)5)44-17-24-26(39)27(40)32(18-33,45-24)25-14-13-23-28(34)35-19-36-38(23)25/h9-14,19-20,24,26-27,39-40H,8,15-17H2,1-7H3,(H,37,42)(H2,34,35,36)/t20-,24+,26+,27+,32-,47?/m0/s1. The molecule has 6 atom stereocenters. The Kier molecular flexibility index (Phi) is 10.7. The summed E-state index contributed by atoms with van der Waals surface area (Å²) in [6.07, 6.45) is -2.03. The number of nitriles is 1. The first-order valence-electron chi connectivity index (χ1n) is 15.5. The molecule has 256 valence electrons. The van der Waals surface area contributed by atoms with Crippen LogP contribution in [0.5, 0.6) is 5.75 Å². The molecule has 2 aromatic heterocycles. The summed E-state index contributed by atoms with van der Waals surface area (Å²) in [4.78, 5) is 16.8. The van der Waals surface area contributed by atoms with Gasteiger partial charge in [-0.25, -0.2) is 14.1 Å². The summed E-state index contributed by atoms with van der Waals surface area (Å²) in [5.74, 6) is -0.339. The molecular formula is C32H45N6O8P. The van der Waals surface area contributed by atoms with E-state index in [1.165, 1.54) is 23.8 Å². The number of hydrogen-bond donors (Lipinski definition) is 4. The lowest BCUT2D eigenvalue weighted by Crippen LogP contribution is -2.41. The number of nitrogens with two attached hydrogens (primary N) is 1. The van der Waals surface area contributed by atoms with Gasteiger partial charge in [-0.1, -0.05) is 60.1 Å². The maximum atomic E-state index is 14.2. The van der Waals surface area contributed by atoms with Gasteiger partial charge in [-0.3, -0.25) is 9.32 Å². The molecule has 5 N–H and O–H groups in total. The van der Waals surface area contributed by atoms with E-state index in [0.29, 0.717) is 11.9 Å². The highest BCUT2D eigenvalue weighted by Gasteiger charge is 2.58. The summed E-state index contributed by atoms with van der Waals surface area (Å²) >= 11 is 0. The minimum atomic E-state index is -4.38. The Morgan fingerprint density at radius 1 is 1.21 bits per heavy atom. The molecule has 0 aliphatic carbocycles. The smallest absolute Gasteiger partial charge is 0.459 e. The Morgan fingerprint density at radius 3 is 2.51 bits per heavy atom. The number of hydrogen-bond acceptors (Lipinski definition) is 12. The van der Waals surface area contributed by atoms with E-state index in [9.17, 15) is 24.8 Å². The van der Waals surface area contributed by atoms with Crippen LogP contribution in [0.4, 0.5) is 5.82 Å². The predicted molar refractivity (Wildman–Crippen MR) is 173 cm³/mol. The number of fused-ring (bicyclic) bond motifs is 1. The van der Waals surface area contributed by atoms with Crippen LogP contribution in [-0.2, 0) is 34.4 Å². The Morgan fingerprint density at radius 2 is 1.89 bits per heavy atom. The van der Waals surface area contributed by atoms with Crippen LogP contribution in [0.3, 0.4) is 0 Å².